The van der Waals surface area contributed by atoms with E-state index in [4.69, 9.17) is 0 Å². The summed E-state index contributed by atoms with van der Waals surface area (Å²) < 4.78 is 58.5. The van der Waals surface area contributed by atoms with Gasteiger partial charge < -0.3 is 0 Å². The van der Waals surface area contributed by atoms with Crippen molar-refractivity contribution in [3.63, 3.8) is 0 Å². The zero-order valence-electron chi connectivity index (χ0n) is 23.3. The fourth-order valence-electron chi connectivity index (χ4n) is 4.67. The van der Waals surface area contributed by atoms with Crippen molar-refractivity contribution >= 4 is 42.6 Å². The van der Waals surface area contributed by atoms with E-state index in [1.807, 2.05) is 50.2 Å². The molecular weight excluding hydrogens is 580 g/mol. The lowest BCUT2D eigenvalue weighted by molar-refractivity contribution is 0.0985. The fraction of sp³-hybridized carbons (Fsp3) is 0.233. The second-order valence-corrected chi connectivity index (χ2v) is 12.7. The van der Waals surface area contributed by atoms with Crippen LogP contribution in [-0.2, 0) is 23.1 Å². The summed E-state index contributed by atoms with van der Waals surface area (Å²) in [6.07, 6.45) is 0. The third-order valence-electron chi connectivity index (χ3n) is 6.81. The predicted molar refractivity (Wildman–Crippen MR) is 159 cm³/mol. The molecule has 0 aliphatic heterocycles. The van der Waals surface area contributed by atoms with Gasteiger partial charge in [0.25, 0.3) is 5.91 Å². The first kappa shape index (κ1) is 29.5. The van der Waals surface area contributed by atoms with Crippen molar-refractivity contribution in [2.75, 3.05) is 18.0 Å². The number of benzene rings is 3. The molecule has 0 atom stereocenters. The molecule has 12 heteroatoms. The molecule has 0 spiro atoms. The molecule has 0 radical (unpaired) electrons. The molecule has 5 rings (SSSR count). The number of nitrogens with zero attached hydrogens (tertiary/aromatic N) is 5. The van der Waals surface area contributed by atoms with E-state index in [1.54, 1.807) is 11.6 Å². The topological polar surface area (TPSA) is 88.4 Å². The zero-order chi connectivity index (χ0) is 30.0. The Morgan fingerprint density at radius 1 is 1.00 bits per heavy atom. The number of hydrogen-bond acceptors (Lipinski definition) is 6. The van der Waals surface area contributed by atoms with Crippen molar-refractivity contribution in [2.45, 2.75) is 38.8 Å². The van der Waals surface area contributed by atoms with E-state index in [0.29, 0.717) is 6.54 Å². The SMILES string of the molecule is CCN(Cc1ccccc1)S(=O)(=O)c1ccc(C(=O)N(CCn2nc(C)cc2C)c2nc3c(F)cc(F)cc3s2)cc1. The first-order valence-electron chi connectivity index (χ1n) is 13.3. The van der Waals surface area contributed by atoms with Crippen LogP contribution in [0, 0.1) is 25.5 Å². The van der Waals surface area contributed by atoms with Crippen LogP contribution in [0.15, 0.2) is 77.7 Å². The van der Waals surface area contributed by atoms with Gasteiger partial charge in [-0.05, 0) is 55.8 Å². The minimum absolute atomic E-state index is 0.0279. The summed E-state index contributed by atoms with van der Waals surface area (Å²) in [5, 5.41) is 4.64. The van der Waals surface area contributed by atoms with Gasteiger partial charge in [0, 0.05) is 37.0 Å². The standard InChI is InChI=1S/C30H29F2N5O3S2/c1-4-35(19-22-8-6-5-7-9-22)42(39,40)25-12-10-23(11-13-25)29(38)36(14-15-37-21(3)16-20(2)34-37)30-33-28-26(32)17-24(31)18-27(28)41-30/h5-13,16-18H,4,14-15,19H2,1-3H3. The number of thiazole rings is 1. The molecule has 0 bridgehead atoms. The highest BCUT2D eigenvalue weighted by molar-refractivity contribution is 7.89. The highest BCUT2D eigenvalue weighted by atomic mass is 32.2. The maximum atomic E-state index is 14.5. The first-order chi connectivity index (χ1) is 20.1. The Labute approximate surface area is 246 Å². The highest BCUT2D eigenvalue weighted by Gasteiger charge is 2.26. The van der Waals surface area contributed by atoms with Crippen molar-refractivity contribution in [3.05, 3.63) is 107 Å². The number of amides is 1. The van der Waals surface area contributed by atoms with Gasteiger partial charge in [-0.15, -0.1) is 0 Å². The molecule has 0 unspecified atom stereocenters. The molecule has 0 N–H and O–H groups in total. The van der Waals surface area contributed by atoms with Gasteiger partial charge in [-0.3, -0.25) is 14.4 Å². The van der Waals surface area contributed by atoms with Crippen LogP contribution < -0.4 is 4.90 Å². The fourth-order valence-corrected chi connectivity index (χ4v) is 7.14. The number of hydrogen-bond donors (Lipinski definition) is 0. The number of carbonyl (C=O) groups excluding carboxylic acids is 1. The molecule has 3 aromatic carbocycles. The molecular formula is C30H29F2N5O3S2. The van der Waals surface area contributed by atoms with Crippen molar-refractivity contribution in [1.29, 1.82) is 0 Å². The first-order valence-corrected chi connectivity index (χ1v) is 15.5. The van der Waals surface area contributed by atoms with Crippen LogP contribution in [0.5, 0.6) is 0 Å². The Bertz CT molecular complexity index is 1840. The number of aryl methyl sites for hydroxylation is 2. The van der Waals surface area contributed by atoms with E-state index in [0.717, 1.165) is 34.4 Å². The van der Waals surface area contributed by atoms with Crippen LogP contribution >= 0.6 is 11.3 Å². The van der Waals surface area contributed by atoms with Crippen LogP contribution in [0.25, 0.3) is 10.2 Å². The number of sulfonamides is 1. The van der Waals surface area contributed by atoms with E-state index in [9.17, 15) is 22.0 Å². The van der Waals surface area contributed by atoms with Crippen molar-refractivity contribution in [3.8, 4) is 0 Å². The van der Waals surface area contributed by atoms with Crippen molar-refractivity contribution in [2.24, 2.45) is 0 Å². The quantitative estimate of drug-likeness (QED) is 0.195. The van der Waals surface area contributed by atoms with Gasteiger partial charge in [0.1, 0.15) is 11.3 Å². The molecule has 0 aliphatic rings. The van der Waals surface area contributed by atoms with Gasteiger partial charge in [0.2, 0.25) is 10.0 Å². The second-order valence-electron chi connectivity index (χ2n) is 9.78. The average molecular weight is 610 g/mol. The minimum atomic E-state index is -3.83. The summed E-state index contributed by atoms with van der Waals surface area (Å²) in [5.74, 6) is -2.01. The second kappa shape index (κ2) is 12.1. The van der Waals surface area contributed by atoms with Gasteiger partial charge in [-0.25, -0.2) is 22.2 Å². The molecule has 1 amide bonds. The minimum Gasteiger partial charge on any atom is -0.282 e. The molecule has 0 fully saturated rings. The molecule has 0 aliphatic carbocycles. The van der Waals surface area contributed by atoms with E-state index in [1.165, 1.54) is 39.5 Å². The molecule has 0 saturated heterocycles. The summed E-state index contributed by atoms with van der Waals surface area (Å²) in [6, 6.07) is 18.9. The monoisotopic (exact) mass is 609 g/mol. The number of anilines is 1. The summed E-state index contributed by atoms with van der Waals surface area (Å²) >= 11 is 0.998. The Hall–Kier alpha value is -4.00. The number of aromatic nitrogens is 3. The van der Waals surface area contributed by atoms with E-state index in [2.05, 4.69) is 10.1 Å². The largest absolute Gasteiger partial charge is 0.282 e. The van der Waals surface area contributed by atoms with Gasteiger partial charge in [-0.2, -0.15) is 9.40 Å². The molecule has 5 aromatic rings. The predicted octanol–water partition coefficient (Wildman–Crippen LogP) is 5.95. The van der Waals surface area contributed by atoms with Crippen LogP contribution in [0.2, 0.25) is 0 Å². The third-order valence-corrected chi connectivity index (χ3v) is 9.77. The van der Waals surface area contributed by atoms with E-state index in [-0.39, 0.29) is 45.4 Å². The number of carbonyl (C=O) groups is 1. The summed E-state index contributed by atoms with van der Waals surface area (Å²) in [7, 11) is -3.83. The van der Waals surface area contributed by atoms with Crippen LogP contribution in [-0.4, -0.2) is 46.5 Å². The zero-order valence-corrected chi connectivity index (χ0v) is 24.9. The summed E-state index contributed by atoms with van der Waals surface area (Å²) in [5.41, 5.74) is 2.79. The van der Waals surface area contributed by atoms with Crippen LogP contribution in [0.3, 0.4) is 0 Å². The lowest BCUT2D eigenvalue weighted by Gasteiger charge is -2.22. The molecule has 2 heterocycles. The number of halogens is 2. The van der Waals surface area contributed by atoms with E-state index >= 15 is 0 Å². The maximum Gasteiger partial charge on any atom is 0.260 e. The van der Waals surface area contributed by atoms with Crippen molar-refractivity contribution in [1.82, 2.24) is 19.1 Å². The maximum absolute atomic E-state index is 14.5. The smallest absolute Gasteiger partial charge is 0.260 e. The summed E-state index contributed by atoms with van der Waals surface area (Å²) in [4.78, 5) is 19.6. The van der Waals surface area contributed by atoms with Gasteiger partial charge in [0.05, 0.1) is 21.8 Å². The van der Waals surface area contributed by atoms with E-state index < -0.39 is 27.6 Å². The van der Waals surface area contributed by atoms with Gasteiger partial charge in [0.15, 0.2) is 10.9 Å². The van der Waals surface area contributed by atoms with Gasteiger partial charge in [-0.1, -0.05) is 48.6 Å². The Kier molecular flexibility index (Phi) is 8.48. The summed E-state index contributed by atoms with van der Waals surface area (Å²) in [6.45, 7) is 6.50. The molecule has 8 nitrogen and oxygen atoms in total. The Morgan fingerprint density at radius 3 is 2.36 bits per heavy atom. The Balaban J connectivity index is 1.44. The number of fused-ring (bicyclic) bond motifs is 1. The molecule has 42 heavy (non-hydrogen) atoms. The lowest BCUT2D eigenvalue weighted by atomic mass is 10.2. The lowest BCUT2D eigenvalue weighted by Crippen LogP contribution is -2.34. The average Bonchev–Trinajstić information content (AvgIpc) is 3.54. The molecule has 2 aromatic heterocycles. The Morgan fingerprint density at radius 2 is 1.71 bits per heavy atom. The van der Waals surface area contributed by atoms with Gasteiger partial charge >= 0.3 is 0 Å². The molecule has 218 valence electrons. The number of rotatable bonds is 10. The third kappa shape index (κ3) is 6.10. The van der Waals surface area contributed by atoms with Crippen LogP contribution in [0.4, 0.5) is 13.9 Å². The normalized spacial score (nSPS) is 11.9. The molecule has 0 saturated carbocycles. The van der Waals surface area contributed by atoms with Crippen LogP contribution in [0.1, 0.15) is 34.2 Å². The highest BCUT2D eigenvalue weighted by Crippen LogP contribution is 2.32. The van der Waals surface area contributed by atoms with Crippen molar-refractivity contribution < 1.29 is 22.0 Å².